The summed E-state index contributed by atoms with van der Waals surface area (Å²) in [6.45, 7) is 3.00. The van der Waals surface area contributed by atoms with Gasteiger partial charge in [0, 0.05) is 12.6 Å². The summed E-state index contributed by atoms with van der Waals surface area (Å²) in [5, 5.41) is 0. The van der Waals surface area contributed by atoms with Gasteiger partial charge in [0.2, 0.25) is 10.0 Å². The van der Waals surface area contributed by atoms with Crippen LogP contribution in [0.5, 0.6) is 0 Å². The molecule has 0 aliphatic rings. The number of carbonyl (C=O) groups is 2. The first-order valence-corrected chi connectivity index (χ1v) is 9.43. The fourth-order valence-corrected chi connectivity index (χ4v) is 3.40. The predicted octanol–water partition coefficient (Wildman–Crippen LogP) is 2.56. The standard InChI is InChI=1S/C19H21NO5S/c1-14-6-4-5-7-17(14)13-25-19(22)12-20(3)26(23,24)18-10-8-16(9-11-18)15(2)21/h4-11H,12-13H2,1-3H3. The van der Waals surface area contributed by atoms with Crippen LogP contribution in [0.1, 0.15) is 28.4 Å². The maximum absolute atomic E-state index is 12.5. The van der Waals surface area contributed by atoms with Crippen molar-refractivity contribution < 1.29 is 22.7 Å². The van der Waals surface area contributed by atoms with Crippen molar-refractivity contribution in [3.63, 3.8) is 0 Å². The Morgan fingerprint density at radius 3 is 2.23 bits per heavy atom. The molecule has 0 fully saturated rings. The molecule has 0 bridgehead atoms. The summed E-state index contributed by atoms with van der Waals surface area (Å²) in [5.74, 6) is -0.790. The number of Topliss-reactive ketones (excluding diaryl/α,β-unsaturated/α-hetero) is 1. The van der Waals surface area contributed by atoms with Gasteiger partial charge in [0.15, 0.2) is 5.78 Å². The fourth-order valence-electron chi connectivity index (χ4n) is 2.28. The molecular formula is C19H21NO5S. The molecule has 0 atom stereocenters. The molecule has 0 unspecified atom stereocenters. The molecule has 0 saturated heterocycles. The molecule has 2 aromatic carbocycles. The third-order valence-corrected chi connectivity index (χ3v) is 5.79. The lowest BCUT2D eigenvalue weighted by atomic mass is 10.1. The quantitative estimate of drug-likeness (QED) is 0.549. The molecule has 0 radical (unpaired) electrons. The number of ketones is 1. The zero-order valence-electron chi connectivity index (χ0n) is 14.9. The first-order valence-electron chi connectivity index (χ1n) is 7.99. The van der Waals surface area contributed by atoms with Crippen LogP contribution in [0.25, 0.3) is 0 Å². The Kier molecular flexibility index (Phi) is 6.28. The van der Waals surface area contributed by atoms with Gasteiger partial charge in [0.05, 0.1) is 4.90 Å². The van der Waals surface area contributed by atoms with Crippen LogP contribution < -0.4 is 0 Å². The molecule has 138 valence electrons. The van der Waals surface area contributed by atoms with E-state index in [0.717, 1.165) is 15.4 Å². The van der Waals surface area contributed by atoms with E-state index in [2.05, 4.69) is 0 Å². The zero-order valence-corrected chi connectivity index (χ0v) is 15.7. The third-order valence-electron chi connectivity index (χ3n) is 3.97. The summed E-state index contributed by atoms with van der Waals surface area (Å²) in [7, 11) is -2.54. The van der Waals surface area contributed by atoms with Gasteiger partial charge >= 0.3 is 5.97 Å². The van der Waals surface area contributed by atoms with Gasteiger partial charge in [-0.1, -0.05) is 36.4 Å². The monoisotopic (exact) mass is 375 g/mol. The van der Waals surface area contributed by atoms with E-state index in [0.29, 0.717) is 5.56 Å². The number of nitrogens with zero attached hydrogens (tertiary/aromatic N) is 1. The van der Waals surface area contributed by atoms with Crippen LogP contribution in [0, 0.1) is 6.92 Å². The minimum atomic E-state index is -3.85. The summed E-state index contributed by atoms with van der Waals surface area (Å²) in [6.07, 6.45) is 0. The van der Waals surface area contributed by atoms with Crippen LogP contribution in [0.15, 0.2) is 53.4 Å². The minimum absolute atomic E-state index is 0.0108. The number of likely N-dealkylation sites (N-methyl/N-ethyl adjacent to an activating group) is 1. The van der Waals surface area contributed by atoms with Crippen molar-refractivity contribution in [2.24, 2.45) is 0 Å². The van der Waals surface area contributed by atoms with Crippen LogP contribution in [-0.2, 0) is 26.2 Å². The highest BCUT2D eigenvalue weighted by Gasteiger charge is 2.23. The van der Waals surface area contributed by atoms with Crippen molar-refractivity contribution in [3.8, 4) is 0 Å². The number of aryl methyl sites for hydroxylation is 1. The van der Waals surface area contributed by atoms with Gasteiger partial charge < -0.3 is 4.74 Å². The number of ether oxygens (including phenoxy) is 1. The Bertz CT molecular complexity index is 904. The SMILES string of the molecule is CC(=O)c1ccc(S(=O)(=O)N(C)CC(=O)OCc2ccccc2C)cc1. The highest BCUT2D eigenvalue weighted by Crippen LogP contribution is 2.16. The van der Waals surface area contributed by atoms with Gasteiger partial charge in [-0.2, -0.15) is 4.31 Å². The number of rotatable bonds is 7. The van der Waals surface area contributed by atoms with E-state index in [-0.39, 0.29) is 17.3 Å². The minimum Gasteiger partial charge on any atom is -0.460 e. The number of hydrogen-bond acceptors (Lipinski definition) is 5. The molecule has 0 heterocycles. The summed E-state index contributed by atoms with van der Waals surface area (Å²) in [4.78, 5) is 23.3. The average Bonchev–Trinajstić information content (AvgIpc) is 2.61. The van der Waals surface area contributed by atoms with E-state index in [1.807, 2.05) is 31.2 Å². The van der Waals surface area contributed by atoms with Gasteiger partial charge in [0.1, 0.15) is 13.2 Å². The average molecular weight is 375 g/mol. The molecule has 0 N–H and O–H groups in total. The molecule has 0 spiro atoms. The molecule has 0 saturated carbocycles. The van der Waals surface area contributed by atoms with Crippen LogP contribution in [-0.4, -0.2) is 38.1 Å². The van der Waals surface area contributed by atoms with Crippen LogP contribution >= 0.6 is 0 Å². The summed E-state index contributed by atoms with van der Waals surface area (Å²) in [6, 6.07) is 13.1. The Labute approximate surface area is 153 Å². The topological polar surface area (TPSA) is 80.8 Å². The molecule has 2 aromatic rings. The highest BCUT2D eigenvalue weighted by atomic mass is 32.2. The maximum atomic E-state index is 12.5. The Morgan fingerprint density at radius 1 is 1.04 bits per heavy atom. The van der Waals surface area contributed by atoms with E-state index in [4.69, 9.17) is 4.74 Å². The summed E-state index contributed by atoms with van der Waals surface area (Å²) in [5.41, 5.74) is 2.28. The predicted molar refractivity (Wildman–Crippen MR) is 97.2 cm³/mol. The number of carbonyl (C=O) groups excluding carboxylic acids is 2. The van der Waals surface area contributed by atoms with Crippen LogP contribution in [0.3, 0.4) is 0 Å². The third kappa shape index (κ3) is 4.77. The van der Waals surface area contributed by atoms with Gasteiger partial charge in [-0.15, -0.1) is 0 Å². The van der Waals surface area contributed by atoms with E-state index in [1.54, 1.807) is 0 Å². The first-order chi connectivity index (χ1) is 12.2. The number of hydrogen-bond donors (Lipinski definition) is 0. The normalized spacial score (nSPS) is 11.4. The lowest BCUT2D eigenvalue weighted by Gasteiger charge is -2.17. The van der Waals surface area contributed by atoms with Crippen molar-refractivity contribution in [1.82, 2.24) is 4.31 Å². The Balaban J connectivity index is 2.00. The second-order valence-corrected chi connectivity index (χ2v) is 7.97. The molecule has 7 heteroatoms. The van der Waals surface area contributed by atoms with Crippen LogP contribution in [0.2, 0.25) is 0 Å². The molecule has 6 nitrogen and oxygen atoms in total. The highest BCUT2D eigenvalue weighted by molar-refractivity contribution is 7.89. The van der Waals surface area contributed by atoms with Gasteiger partial charge in [-0.25, -0.2) is 8.42 Å². The summed E-state index contributed by atoms with van der Waals surface area (Å²) < 4.78 is 31.1. The molecule has 2 rings (SSSR count). The van der Waals surface area contributed by atoms with Gasteiger partial charge in [-0.3, -0.25) is 9.59 Å². The molecular weight excluding hydrogens is 354 g/mol. The largest absolute Gasteiger partial charge is 0.460 e. The molecule has 26 heavy (non-hydrogen) atoms. The van der Waals surface area contributed by atoms with Crippen molar-refractivity contribution in [2.45, 2.75) is 25.3 Å². The Morgan fingerprint density at radius 2 is 1.65 bits per heavy atom. The van der Waals surface area contributed by atoms with Crippen molar-refractivity contribution in [2.75, 3.05) is 13.6 Å². The number of benzene rings is 2. The van der Waals surface area contributed by atoms with Crippen molar-refractivity contribution in [1.29, 1.82) is 0 Å². The van der Waals surface area contributed by atoms with E-state index < -0.39 is 22.5 Å². The zero-order chi connectivity index (χ0) is 19.3. The fraction of sp³-hybridized carbons (Fsp3) is 0.263. The second kappa shape index (κ2) is 8.25. The van der Waals surface area contributed by atoms with E-state index in [1.165, 1.54) is 38.2 Å². The van der Waals surface area contributed by atoms with E-state index >= 15 is 0 Å². The summed E-state index contributed by atoms with van der Waals surface area (Å²) >= 11 is 0. The van der Waals surface area contributed by atoms with Gasteiger partial charge in [-0.05, 0) is 37.1 Å². The smallest absolute Gasteiger partial charge is 0.321 e. The second-order valence-electron chi connectivity index (χ2n) is 5.93. The van der Waals surface area contributed by atoms with Crippen molar-refractivity contribution in [3.05, 3.63) is 65.2 Å². The lowest BCUT2D eigenvalue weighted by Crippen LogP contribution is -2.33. The van der Waals surface area contributed by atoms with Crippen molar-refractivity contribution >= 4 is 21.8 Å². The lowest BCUT2D eigenvalue weighted by molar-refractivity contribution is -0.144. The molecule has 0 aliphatic heterocycles. The number of esters is 1. The Hall–Kier alpha value is -2.51. The van der Waals surface area contributed by atoms with E-state index in [9.17, 15) is 18.0 Å². The molecule has 0 aliphatic carbocycles. The van der Waals surface area contributed by atoms with Crippen LogP contribution in [0.4, 0.5) is 0 Å². The first kappa shape index (κ1) is 19.8. The van der Waals surface area contributed by atoms with Gasteiger partial charge in [0.25, 0.3) is 0 Å². The molecule has 0 amide bonds. The molecule has 0 aromatic heterocycles. The number of sulfonamides is 1. The maximum Gasteiger partial charge on any atom is 0.321 e.